The molecule has 0 bridgehead atoms. The lowest BCUT2D eigenvalue weighted by Gasteiger charge is -2.09. The van der Waals surface area contributed by atoms with Crippen LogP contribution >= 0.6 is 11.6 Å². The molecule has 0 aliphatic carbocycles. The van der Waals surface area contributed by atoms with Crippen molar-refractivity contribution in [3.8, 4) is 0 Å². The molecular weight excluding hydrogens is 248 g/mol. The van der Waals surface area contributed by atoms with Gasteiger partial charge in [-0.15, -0.1) is 11.6 Å². The molecule has 2 amide bonds. The van der Waals surface area contributed by atoms with Crippen LogP contribution in [0.3, 0.4) is 0 Å². The Morgan fingerprint density at radius 2 is 1.89 bits per heavy atom. The van der Waals surface area contributed by atoms with Crippen LogP contribution in [0, 0.1) is 0 Å². The van der Waals surface area contributed by atoms with Crippen molar-refractivity contribution in [2.75, 3.05) is 17.7 Å². The van der Waals surface area contributed by atoms with Crippen molar-refractivity contribution in [1.29, 1.82) is 0 Å². The van der Waals surface area contributed by atoms with Crippen molar-refractivity contribution < 1.29 is 4.79 Å². The molecule has 0 heterocycles. The Kier molecular flexibility index (Phi) is 4.42. The summed E-state index contributed by atoms with van der Waals surface area (Å²) in [4.78, 5) is 11.7. The van der Waals surface area contributed by atoms with Crippen molar-refractivity contribution in [3.63, 3.8) is 0 Å². The number of alkyl halides is 1. The van der Waals surface area contributed by atoms with Crippen LogP contribution in [0.15, 0.2) is 42.5 Å². The predicted octanol–water partition coefficient (Wildman–Crippen LogP) is 3.59. The van der Waals surface area contributed by atoms with Crippen molar-refractivity contribution in [2.24, 2.45) is 0 Å². The van der Waals surface area contributed by atoms with Gasteiger partial charge < -0.3 is 10.6 Å². The fourth-order valence-corrected chi connectivity index (χ4v) is 1.90. The van der Waals surface area contributed by atoms with Crippen LogP contribution in [0.5, 0.6) is 0 Å². The molecule has 3 nitrogen and oxygen atoms in total. The Labute approximate surface area is 111 Å². The van der Waals surface area contributed by atoms with Gasteiger partial charge in [-0.2, -0.15) is 0 Å². The third-order valence-corrected chi connectivity index (χ3v) is 2.90. The fourth-order valence-electron chi connectivity index (χ4n) is 1.77. The Hall–Kier alpha value is -1.74. The fraction of sp³-hybridized carbons (Fsp3) is 0.214. The summed E-state index contributed by atoms with van der Waals surface area (Å²) in [6.07, 6.45) is 0.768. The number of hydrogen-bond acceptors (Lipinski definition) is 1. The highest BCUT2D eigenvalue weighted by Gasteiger charge is 2.04. The minimum Gasteiger partial charge on any atom is -0.338 e. The van der Waals surface area contributed by atoms with Crippen LogP contribution in [0.25, 0.3) is 10.8 Å². The maximum atomic E-state index is 11.7. The van der Waals surface area contributed by atoms with Crippen LogP contribution in [-0.4, -0.2) is 18.5 Å². The Bertz CT molecular complexity index is 537. The van der Waals surface area contributed by atoms with Crippen LogP contribution < -0.4 is 10.6 Å². The number of carbonyl (C=O) groups excluding carboxylic acids is 1. The molecule has 2 N–H and O–H groups in total. The lowest BCUT2D eigenvalue weighted by molar-refractivity contribution is 0.252. The Balaban J connectivity index is 2.09. The summed E-state index contributed by atoms with van der Waals surface area (Å²) in [7, 11) is 0. The molecule has 0 aliphatic heterocycles. The van der Waals surface area contributed by atoms with E-state index < -0.39 is 0 Å². The molecule has 4 heteroatoms. The summed E-state index contributed by atoms with van der Waals surface area (Å²) in [6.45, 7) is 0.583. The molecule has 94 valence electrons. The van der Waals surface area contributed by atoms with Gasteiger partial charge in [0.25, 0.3) is 0 Å². The topological polar surface area (TPSA) is 41.1 Å². The average molecular weight is 263 g/mol. The first-order chi connectivity index (χ1) is 8.81. The van der Waals surface area contributed by atoms with Gasteiger partial charge in [0.15, 0.2) is 0 Å². The second-order valence-corrected chi connectivity index (χ2v) is 4.33. The monoisotopic (exact) mass is 262 g/mol. The van der Waals surface area contributed by atoms with Gasteiger partial charge in [0, 0.05) is 17.8 Å². The molecule has 2 aromatic carbocycles. The Morgan fingerprint density at radius 1 is 1.11 bits per heavy atom. The van der Waals surface area contributed by atoms with Gasteiger partial charge in [-0.1, -0.05) is 36.4 Å². The number of nitrogens with one attached hydrogen (secondary N) is 2. The van der Waals surface area contributed by atoms with Gasteiger partial charge in [-0.25, -0.2) is 4.79 Å². The van der Waals surface area contributed by atoms with Gasteiger partial charge in [0.05, 0.1) is 5.69 Å². The molecular formula is C14H15ClN2O. The second-order valence-electron chi connectivity index (χ2n) is 3.95. The minimum atomic E-state index is -0.198. The number of urea groups is 1. The molecule has 2 rings (SSSR count). The average Bonchev–Trinajstić information content (AvgIpc) is 2.39. The number of benzene rings is 2. The summed E-state index contributed by atoms with van der Waals surface area (Å²) in [5.41, 5.74) is 0.816. The highest BCUT2D eigenvalue weighted by Crippen LogP contribution is 2.22. The van der Waals surface area contributed by atoms with Crippen molar-refractivity contribution in [2.45, 2.75) is 6.42 Å². The van der Waals surface area contributed by atoms with Crippen LogP contribution in [-0.2, 0) is 0 Å². The molecule has 0 spiro atoms. The molecule has 0 aliphatic rings. The third kappa shape index (κ3) is 3.14. The number of rotatable bonds is 4. The van der Waals surface area contributed by atoms with Crippen LogP contribution in [0.1, 0.15) is 6.42 Å². The summed E-state index contributed by atoms with van der Waals surface area (Å²) in [6, 6.07) is 13.6. The molecule has 0 saturated carbocycles. The first-order valence-electron chi connectivity index (χ1n) is 5.90. The number of amides is 2. The SMILES string of the molecule is O=C(NCCCCl)Nc1cccc2ccccc12. The van der Waals surface area contributed by atoms with Gasteiger partial charge in [0.2, 0.25) is 0 Å². The summed E-state index contributed by atoms with van der Waals surface area (Å²) < 4.78 is 0. The largest absolute Gasteiger partial charge is 0.338 e. The van der Waals surface area contributed by atoms with E-state index in [4.69, 9.17) is 11.6 Å². The molecule has 18 heavy (non-hydrogen) atoms. The maximum absolute atomic E-state index is 11.7. The van der Waals surface area contributed by atoms with Gasteiger partial charge in [-0.3, -0.25) is 0 Å². The standard InChI is InChI=1S/C14H15ClN2O/c15-9-4-10-16-14(18)17-13-8-3-6-11-5-1-2-7-12(11)13/h1-3,5-8H,4,9-10H2,(H2,16,17,18). The third-order valence-electron chi connectivity index (χ3n) is 2.63. The van der Waals surface area contributed by atoms with E-state index in [1.54, 1.807) is 0 Å². The van der Waals surface area contributed by atoms with Gasteiger partial charge >= 0.3 is 6.03 Å². The Morgan fingerprint density at radius 3 is 2.72 bits per heavy atom. The molecule has 0 radical (unpaired) electrons. The first-order valence-corrected chi connectivity index (χ1v) is 6.43. The van der Waals surface area contributed by atoms with Gasteiger partial charge in [0.1, 0.15) is 0 Å². The lowest BCUT2D eigenvalue weighted by atomic mass is 10.1. The molecule has 0 atom stereocenters. The zero-order valence-electron chi connectivity index (χ0n) is 9.95. The molecule has 0 fully saturated rings. The number of fused-ring (bicyclic) bond motifs is 1. The van der Waals surface area contributed by atoms with Crippen molar-refractivity contribution in [3.05, 3.63) is 42.5 Å². The van der Waals surface area contributed by atoms with E-state index in [9.17, 15) is 4.79 Å². The lowest BCUT2D eigenvalue weighted by Crippen LogP contribution is -2.29. The second kappa shape index (κ2) is 6.26. The van der Waals surface area contributed by atoms with Crippen LogP contribution in [0.2, 0.25) is 0 Å². The van der Waals surface area contributed by atoms with Crippen LogP contribution in [0.4, 0.5) is 10.5 Å². The first kappa shape index (κ1) is 12.7. The summed E-state index contributed by atoms with van der Waals surface area (Å²) >= 11 is 5.55. The number of anilines is 1. The zero-order valence-corrected chi connectivity index (χ0v) is 10.7. The predicted molar refractivity (Wildman–Crippen MR) is 76.3 cm³/mol. The summed E-state index contributed by atoms with van der Waals surface area (Å²) in [5.74, 6) is 0.550. The molecule has 2 aromatic rings. The van der Waals surface area contributed by atoms with E-state index in [0.717, 1.165) is 22.9 Å². The zero-order chi connectivity index (χ0) is 12.8. The molecule has 0 aromatic heterocycles. The quantitative estimate of drug-likeness (QED) is 0.642. The van der Waals surface area contributed by atoms with E-state index in [2.05, 4.69) is 10.6 Å². The van der Waals surface area contributed by atoms with E-state index in [-0.39, 0.29) is 6.03 Å². The maximum Gasteiger partial charge on any atom is 0.319 e. The number of hydrogen-bond donors (Lipinski definition) is 2. The minimum absolute atomic E-state index is 0.198. The van der Waals surface area contributed by atoms with Crippen molar-refractivity contribution >= 4 is 34.1 Å². The highest BCUT2D eigenvalue weighted by molar-refractivity contribution is 6.17. The smallest absolute Gasteiger partial charge is 0.319 e. The number of carbonyl (C=O) groups is 1. The number of halogens is 1. The highest BCUT2D eigenvalue weighted by atomic mass is 35.5. The van der Waals surface area contributed by atoms with E-state index in [1.165, 1.54) is 0 Å². The van der Waals surface area contributed by atoms with E-state index >= 15 is 0 Å². The normalized spacial score (nSPS) is 10.3. The van der Waals surface area contributed by atoms with Gasteiger partial charge in [-0.05, 0) is 17.9 Å². The molecule has 0 unspecified atom stereocenters. The van der Waals surface area contributed by atoms with Crippen molar-refractivity contribution in [1.82, 2.24) is 5.32 Å². The van der Waals surface area contributed by atoms with E-state index in [1.807, 2.05) is 42.5 Å². The summed E-state index contributed by atoms with van der Waals surface area (Å²) in [5, 5.41) is 7.76. The molecule has 0 saturated heterocycles. The van der Waals surface area contributed by atoms with E-state index in [0.29, 0.717) is 12.4 Å².